The van der Waals surface area contributed by atoms with E-state index in [1.807, 2.05) is 24.5 Å². The van der Waals surface area contributed by atoms with Crippen molar-refractivity contribution in [2.45, 2.75) is 31.7 Å². The number of fused-ring (bicyclic) bond motifs is 1. The predicted molar refractivity (Wildman–Crippen MR) is 86.0 cm³/mol. The average molecular weight is 354 g/mol. The van der Waals surface area contributed by atoms with Crippen LogP contribution < -0.4 is 5.32 Å². The topological polar surface area (TPSA) is 12.0 Å². The van der Waals surface area contributed by atoms with Crippen molar-refractivity contribution in [3.63, 3.8) is 0 Å². The second-order valence-electron chi connectivity index (χ2n) is 5.19. The van der Waals surface area contributed by atoms with Crippen molar-refractivity contribution in [1.82, 2.24) is 5.32 Å². The molecule has 106 valence electrons. The Hall–Kier alpha value is -0.710. The van der Waals surface area contributed by atoms with Crippen LogP contribution in [0.3, 0.4) is 0 Å². The molecule has 1 aromatic heterocycles. The number of hydrogen-bond acceptors (Lipinski definition) is 2. The van der Waals surface area contributed by atoms with E-state index in [1.165, 1.54) is 47.1 Å². The van der Waals surface area contributed by atoms with E-state index < -0.39 is 0 Å². The number of hydrogen-bond donors (Lipinski definition) is 1. The Labute approximate surface area is 131 Å². The second kappa shape index (κ2) is 5.96. The number of aryl methyl sites for hydroxylation is 2. The number of nitrogens with one attached hydrogen (secondary N) is 1. The van der Waals surface area contributed by atoms with Gasteiger partial charge in [-0.05, 0) is 62.6 Å². The zero-order valence-electron chi connectivity index (χ0n) is 11.4. The molecule has 1 aromatic carbocycles. The fourth-order valence-electron chi connectivity index (χ4n) is 2.84. The Kier molecular flexibility index (Phi) is 4.24. The van der Waals surface area contributed by atoms with E-state index in [1.54, 1.807) is 6.07 Å². The minimum Gasteiger partial charge on any atom is -0.309 e. The molecule has 20 heavy (non-hydrogen) atoms. The van der Waals surface area contributed by atoms with Crippen molar-refractivity contribution in [3.05, 3.63) is 55.4 Å². The monoisotopic (exact) mass is 353 g/mol. The predicted octanol–water partition coefficient (Wildman–Crippen LogP) is 4.84. The summed E-state index contributed by atoms with van der Waals surface area (Å²) in [6.45, 7) is 0. The minimum atomic E-state index is -0.154. The molecular weight excluding hydrogens is 337 g/mol. The molecular formula is C16H17BrFNS. The molecule has 0 saturated carbocycles. The zero-order valence-corrected chi connectivity index (χ0v) is 13.8. The maximum absolute atomic E-state index is 14.1. The first-order valence-electron chi connectivity index (χ1n) is 6.92. The molecule has 2 aromatic rings. The van der Waals surface area contributed by atoms with E-state index in [4.69, 9.17) is 0 Å². The summed E-state index contributed by atoms with van der Waals surface area (Å²) in [5.41, 5.74) is 2.17. The van der Waals surface area contributed by atoms with Gasteiger partial charge in [0.2, 0.25) is 0 Å². The summed E-state index contributed by atoms with van der Waals surface area (Å²) in [5, 5.41) is 3.26. The maximum atomic E-state index is 14.1. The number of halogens is 2. The Bertz CT molecular complexity index is 599. The molecule has 1 heterocycles. The molecule has 0 radical (unpaired) electrons. The number of rotatable bonds is 3. The molecule has 0 amide bonds. The zero-order chi connectivity index (χ0) is 14.1. The first kappa shape index (κ1) is 14.2. The van der Waals surface area contributed by atoms with Gasteiger partial charge in [-0.3, -0.25) is 0 Å². The van der Waals surface area contributed by atoms with Gasteiger partial charge in [-0.1, -0.05) is 15.9 Å². The molecule has 0 spiro atoms. The van der Waals surface area contributed by atoms with Crippen LogP contribution in [0.25, 0.3) is 0 Å². The number of benzene rings is 1. The lowest BCUT2D eigenvalue weighted by Crippen LogP contribution is -2.17. The van der Waals surface area contributed by atoms with Crippen LogP contribution in [0.1, 0.15) is 39.8 Å². The van der Waals surface area contributed by atoms with Crippen molar-refractivity contribution < 1.29 is 4.39 Å². The standard InChI is InChI=1S/C16H17BrFNS/c1-19-16(12-9-11(17)6-7-13(12)18)15-8-10-4-2-3-5-14(10)20-15/h6-9,16,19H,2-5H2,1H3. The lowest BCUT2D eigenvalue weighted by atomic mass is 9.97. The molecule has 1 aliphatic carbocycles. The molecule has 0 aliphatic heterocycles. The fraction of sp³-hybridized carbons (Fsp3) is 0.375. The maximum Gasteiger partial charge on any atom is 0.128 e. The van der Waals surface area contributed by atoms with Gasteiger partial charge in [-0.25, -0.2) is 4.39 Å². The highest BCUT2D eigenvalue weighted by molar-refractivity contribution is 9.10. The van der Waals surface area contributed by atoms with Crippen molar-refractivity contribution in [2.75, 3.05) is 7.05 Å². The smallest absolute Gasteiger partial charge is 0.128 e. The molecule has 1 atom stereocenters. The third-order valence-corrected chi connectivity index (χ3v) is 5.65. The summed E-state index contributed by atoms with van der Waals surface area (Å²) in [5.74, 6) is -0.154. The summed E-state index contributed by atoms with van der Waals surface area (Å²) in [6.07, 6.45) is 4.90. The van der Waals surface area contributed by atoms with Crippen LogP contribution in [-0.4, -0.2) is 7.05 Å². The van der Waals surface area contributed by atoms with Crippen LogP contribution in [0.2, 0.25) is 0 Å². The van der Waals surface area contributed by atoms with E-state index in [-0.39, 0.29) is 11.9 Å². The summed E-state index contributed by atoms with van der Waals surface area (Å²) in [4.78, 5) is 2.71. The first-order valence-corrected chi connectivity index (χ1v) is 8.53. The quantitative estimate of drug-likeness (QED) is 0.832. The average Bonchev–Trinajstić information content (AvgIpc) is 2.87. The van der Waals surface area contributed by atoms with E-state index >= 15 is 0 Å². The van der Waals surface area contributed by atoms with Crippen molar-refractivity contribution in [1.29, 1.82) is 0 Å². The Morgan fingerprint density at radius 3 is 2.80 bits per heavy atom. The van der Waals surface area contributed by atoms with E-state index in [0.29, 0.717) is 5.56 Å². The molecule has 0 saturated heterocycles. The molecule has 4 heteroatoms. The van der Waals surface area contributed by atoms with E-state index in [0.717, 1.165) is 4.47 Å². The summed E-state index contributed by atoms with van der Waals surface area (Å²) in [7, 11) is 1.89. The number of thiophene rings is 1. The van der Waals surface area contributed by atoms with Gasteiger partial charge in [-0.2, -0.15) is 0 Å². The molecule has 3 rings (SSSR count). The van der Waals surface area contributed by atoms with E-state index in [2.05, 4.69) is 27.3 Å². The van der Waals surface area contributed by atoms with Crippen LogP contribution in [-0.2, 0) is 12.8 Å². The Morgan fingerprint density at radius 2 is 2.05 bits per heavy atom. The van der Waals surface area contributed by atoms with Crippen molar-refractivity contribution >= 4 is 27.3 Å². The Balaban J connectivity index is 2.01. The lowest BCUT2D eigenvalue weighted by Gasteiger charge is -2.16. The molecule has 1 N–H and O–H groups in total. The molecule has 0 bridgehead atoms. The van der Waals surface area contributed by atoms with Gasteiger partial charge in [0.1, 0.15) is 5.82 Å². The fourth-order valence-corrected chi connectivity index (χ4v) is 4.61. The van der Waals surface area contributed by atoms with Gasteiger partial charge >= 0.3 is 0 Å². The summed E-state index contributed by atoms with van der Waals surface area (Å²) >= 11 is 5.27. The van der Waals surface area contributed by atoms with Gasteiger partial charge in [0.15, 0.2) is 0 Å². The van der Waals surface area contributed by atoms with Crippen molar-refractivity contribution in [3.8, 4) is 0 Å². The SMILES string of the molecule is CNC(c1cc2c(s1)CCCC2)c1cc(Br)ccc1F. The molecule has 1 aliphatic rings. The van der Waals surface area contributed by atoms with Crippen molar-refractivity contribution in [2.24, 2.45) is 0 Å². The van der Waals surface area contributed by atoms with Gasteiger partial charge < -0.3 is 5.32 Å². The molecule has 1 unspecified atom stereocenters. The highest BCUT2D eigenvalue weighted by atomic mass is 79.9. The van der Waals surface area contributed by atoms with Gasteiger partial charge in [0.05, 0.1) is 6.04 Å². The molecule has 1 nitrogen and oxygen atoms in total. The minimum absolute atomic E-state index is 0.0666. The first-order chi connectivity index (χ1) is 9.69. The highest BCUT2D eigenvalue weighted by Crippen LogP contribution is 2.36. The van der Waals surface area contributed by atoms with Gasteiger partial charge in [0, 0.05) is 19.8 Å². The third kappa shape index (κ3) is 2.69. The van der Waals surface area contributed by atoms with Crippen LogP contribution in [0.15, 0.2) is 28.7 Å². The van der Waals surface area contributed by atoms with Crippen LogP contribution >= 0.6 is 27.3 Å². The summed E-state index contributed by atoms with van der Waals surface area (Å²) in [6, 6.07) is 7.33. The van der Waals surface area contributed by atoms with Gasteiger partial charge in [-0.15, -0.1) is 11.3 Å². The third-order valence-electron chi connectivity index (χ3n) is 3.86. The highest BCUT2D eigenvalue weighted by Gasteiger charge is 2.21. The second-order valence-corrected chi connectivity index (χ2v) is 7.28. The van der Waals surface area contributed by atoms with E-state index in [9.17, 15) is 4.39 Å². The normalized spacial score (nSPS) is 15.9. The molecule has 0 fully saturated rings. The van der Waals surface area contributed by atoms with Crippen LogP contribution in [0.5, 0.6) is 0 Å². The van der Waals surface area contributed by atoms with Crippen LogP contribution in [0.4, 0.5) is 4.39 Å². The largest absolute Gasteiger partial charge is 0.309 e. The summed E-state index contributed by atoms with van der Waals surface area (Å²) < 4.78 is 15.0. The Morgan fingerprint density at radius 1 is 1.25 bits per heavy atom. The lowest BCUT2D eigenvalue weighted by molar-refractivity contribution is 0.578. The van der Waals surface area contributed by atoms with Crippen LogP contribution in [0, 0.1) is 5.82 Å². The van der Waals surface area contributed by atoms with Gasteiger partial charge in [0.25, 0.3) is 0 Å².